The molecule has 148 valence electrons. The van der Waals surface area contributed by atoms with E-state index in [0.717, 1.165) is 28.0 Å². The molecule has 0 aliphatic carbocycles. The third-order valence-corrected chi connectivity index (χ3v) is 5.14. The fourth-order valence-corrected chi connectivity index (χ4v) is 3.56. The zero-order valence-corrected chi connectivity index (χ0v) is 16.7. The first-order valence-corrected chi connectivity index (χ1v) is 9.45. The summed E-state index contributed by atoms with van der Waals surface area (Å²) in [6.07, 6.45) is 2.63. The number of ether oxygens (including phenoxy) is 1. The fourth-order valence-electron chi connectivity index (χ4n) is 3.56. The summed E-state index contributed by atoms with van der Waals surface area (Å²) in [6, 6.07) is 15.2. The van der Waals surface area contributed by atoms with Gasteiger partial charge in [0.25, 0.3) is 5.56 Å². The van der Waals surface area contributed by atoms with Crippen LogP contribution in [0.15, 0.2) is 65.7 Å². The van der Waals surface area contributed by atoms with E-state index >= 15 is 0 Å². The molecule has 29 heavy (non-hydrogen) atoms. The Morgan fingerprint density at radius 3 is 2.52 bits per heavy atom. The number of aromatic nitrogens is 3. The van der Waals surface area contributed by atoms with Gasteiger partial charge in [-0.15, -0.1) is 0 Å². The number of aliphatic hydroxyl groups excluding tert-OH is 1. The predicted octanol–water partition coefficient (Wildman–Crippen LogP) is 3.52. The van der Waals surface area contributed by atoms with E-state index < -0.39 is 6.10 Å². The number of aryl methyl sites for hydroxylation is 2. The number of methoxy groups -OCH3 is 1. The summed E-state index contributed by atoms with van der Waals surface area (Å²) in [6.45, 7) is 4.17. The molecule has 2 heterocycles. The lowest BCUT2D eigenvalue weighted by Gasteiger charge is -2.16. The highest BCUT2D eigenvalue weighted by Crippen LogP contribution is 2.23. The van der Waals surface area contributed by atoms with Crippen LogP contribution in [-0.2, 0) is 6.54 Å². The first-order valence-electron chi connectivity index (χ1n) is 9.45. The van der Waals surface area contributed by atoms with Crippen molar-refractivity contribution in [3.8, 4) is 17.0 Å². The van der Waals surface area contributed by atoms with E-state index in [4.69, 9.17) is 4.74 Å². The summed E-state index contributed by atoms with van der Waals surface area (Å²) in [7, 11) is 1.62. The Labute approximate surface area is 168 Å². The maximum atomic E-state index is 13.0. The Hall–Kier alpha value is -3.38. The Bertz CT molecular complexity index is 1220. The normalized spacial score (nSPS) is 12.3. The Balaban J connectivity index is 1.66. The summed E-state index contributed by atoms with van der Waals surface area (Å²) in [5.74, 6) is 0.764. The molecule has 4 rings (SSSR count). The topological polar surface area (TPSA) is 68.8 Å². The molecule has 0 unspecified atom stereocenters. The van der Waals surface area contributed by atoms with E-state index in [0.29, 0.717) is 11.2 Å². The standard InChI is InChI=1S/C23H23N3O3/c1-15-4-9-19(16(2)12-15)22(27)14-25-10-11-26-21(23(25)28)13-20(24-26)17-5-7-18(29-3)8-6-17/h4-13,22,27H,14H2,1-3H3/t22-/m1/s1. The molecule has 1 N–H and O–H groups in total. The summed E-state index contributed by atoms with van der Waals surface area (Å²) < 4.78 is 8.28. The molecule has 6 nitrogen and oxygen atoms in total. The van der Waals surface area contributed by atoms with Crippen LogP contribution in [0.5, 0.6) is 5.75 Å². The highest BCUT2D eigenvalue weighted by atomic mass is 16.5. The molecule has 1 atom stereocenters. The summed E-state index contributed by atoms with van der Waals surface area (Å²) >= 11 is 0. The summed E-state index contributed by atoms with van der Waals surface area (Å²) in [4.78, 5) is 13.0. The van der Waals surface area contributed by atoms with E-state index in [1.54, 1.807) is 30.1 Å². The minimum Gasteiger partial charge on any atom is -0.497 e. The van der Waals surface area contributed by atoms with Crippen LogP contribution in [0.4, 0.5) is 0 Å². The van der Waals surface area contributed by atoms with Crippen LogP contribution in [0.2, 0.25) is 0 Å². The van der Waals surface area contributed by atoms with E-state index in [2.05, 4.69) is 5.10 Å². The zero-order chi connectivity index (χ0) is 20.5. The lowest BCUT2D eigenvalue weighted by Crippen LogP contribution is -2.24. The number of rotatable bonds is 5. The molecule has 0 aliphatic heterocycles. The predicted molar refractivity (Wildman–Crippen MR) is 112 cm³/mol. The molecule has 0 spiro atoms. The fraction of sp³-hybridized carbons (Fsp3) is 0.217. The minimum absolute atomic E-state index is 0.183. The maximum absolute atomic E-state index is 13.0. The van der Waals surface area contributed by atoms with Gasteiger partial charge in [0.15, 0.2) is 0 Å². The van der Waals surface area contributed by atoms with Crippen molar-refractivity contribution < 1.29 is 9.84 Å². The molecule has 0 saturated heterocycles. The molecule has 0 fully saturated rings. The van der Waals surface area contributed by atoms with Crippen LogP contribution >= 0.6 is 0 Å². The van der Waals surface area contributed by atoms with Crippen molar-refractivity contribution in [2.24, 2.45) is 0 Å². The Morgan fingerprint density at radius 2 is 1.83 bits per heavy atom. The van der Waals surface area contributed by atoms with Gasteiger partial charge in [-0.1, -0.05) is 23.8 Å². The SMILES string of the molecule is COc1ccc(-c2cc3c(=O)n(C[C@@H](O)c4ccc(C)cc4C)ccn3n2)cc1. The third kappa shape index (κ3) is 3.67. The van der Waals surface area contributed by atoms with Crippen molar-refractivity contribution >= 4 is 5.52 Å². The summed E-state index contributed by atoms with van der Waals surface area (Å²) in [5, 5.41) is 15.2. The number of hydrogen-bond donors (Lipinski definition) is 1. The minimum atomic E-state index is -0.764. The number of nitrogens with zero attached hydrogens (tertiary/aromatic N) is 3. The quantitative estimate of drug-likeness (QED) is 0.567. The van der Waals surface area contributed by atoms with Crippen molar-refractivity contribution in [2.45, 2.75) is 26.5 Å². The van der Waals surface area contributed by atoms with Gasteiger partial charge in [0, 0.05) is 18.0 Å². The summed E-state index contributed by atoms with van der Waals surface area (Å²) in [5.41, 5.74) is 4.86. The Kier molecular flexibility index (Phi) is 4.94. The van der Waals surface area contributed by atoms with Crippen molar-refractivity contribution in [1.29, 1.82) is 0 Å². The number of hydrogen-bond acceptors (Lipinski definition) is 4. The lowest BCUT2D eigenvalue weighted by atomic mass is 10.0. The molecule has 0 saturated carbocycles. The first kappa shape index (κ1) is 19.0. The van der Waals surface area contributed by atoms with Crippen molar-refractivity contribution in [3.63, 3.8) is 0 Å². The van der Waals surface area contributed by atoms with Crippen LogP contribution in [0.3, 0.4) is 0 Å². The molecule has 0 bridgehead atoms. The van der Waals surface area contributed by atoms with Crippen LogP contribution in [-0.4, -0.2) is 26.4 Å². The Morgan fingerprint density at radius 1 is 1.07 bits per heavy atom. The van der Waals surface area contributed by atoms with Gasteiger partial charge in [0.05, 0.1) is 25.5 Å². The molecule has 2 aromatic carbocycles. The van der Waals surface area contributed by atoms with E-state index in [1.165, 1.54) is 4.57 Å². The third-order valence-electron chi connectivity index (χ3n) is 5.14. The van der Waals surface area contributed by atoms with Crippen molar-refractivity contribution in [3.05, 3.63) is 88.0 Å². The molecule has 6 heteroatoms. The molecule has 2 aromatic heterocycles. The van der Waals surface area contributed by atoms with Crippen molar-refractivity contribution in [2.75, 3.05) is 7.11 Å². The lowest BCUT2D eigenvalue weighted by molar-refractivity contribution is 0.154. The molecule has 4 aromatic rings. The average molecular weight is 389 g/mol. The van der Waals surface area contributed by atoms with Gasteiger partial charge in [-0.05, 0) is 55.3 Å². The molecular formula is C23H23N3O3. The smallest absolute Gasteiger partial charge is 0.276 e. The van der Waals surface area contributed by atoms with Crippen molar-refractivity contribution in [1.82, 2.24) is 14.2 Å². The van der Waals surface area contributed by atoms with E-state index in [1.807, 2.05) is 56.3 Å². The number of aliphatic hydroxyl groups is 1. The average Bonchev–Trinajstić information content (AvgIpc) is 3.15. The molecule has 0 amide bonds. The number of benzene rings is 2. The highest BCUT2D eigenvalue weighted by Gasteiger charge is 2.14. The second kappa shape index (κ2) is 7.56. The largest absolute Gasteiger partial charge is 0.497 e. The van der Waals surface area contributed by atoms with E-state index in [9.17, 15) is 9.90 Å². The maximum Gasteiger partial charge on any atom is 0.276 e. The van der Waals surface area contributed by atoms with Gasteiger partial charge in [0.2, 0.25) is 0 Å². The van der Waals surface area contributed by atoms with Gasteiger partial charge in [-0.25, -0.2) is 4.52 Å². The van der Waals surface area contributed by atoms with Crippen LogP contribution in [0, 0.1) is 13.8 Å². The van der Waals surface area contributed by atoms with Gasteiger partial charge < -0.3 is 14.4 Å². The second-order valence-electron chi connectivity index (χ2n) is 7.22. The van der Waals surface area contributed by atoms with Gasteiger partial charge >= 0.3 is 0 Å². The van der Waals surface area contributed by atoms with Gasteiger partial charge in [-0.2, -0.15) is 5.10 Å². The van der Waals surface area contributed by atoms with Crippen LogP contribution < -0.4 is 10.3 Å². The van der Waals surface area contributed by atoms with Gasteiger partial charge in [-0.3, -0.25) is 4.79 Å². The zero-order valence-electron chi connectivity index (χ0n) is 16.7. The molecule has 0 radical (unpaired) electrons. The van der Waals surface area contributed by atoms with E-state index in [-0.39, 0.29) is 12.1 Å². The second-order valence-corrected chi connectivity index (χ2v) is 7.22. The highest BCUT2D eigenvalue weighted by molar-refractivity contribution is 5.66. The first-order chi connectivity index (χ1) is 14.0. The van der Waals surface area contributed by atoms with Crippen LogP contribution in [0.1, 0.15) is 22.8 Å². The molecule has 0 aliphatic rings. The molecular weight excluding hydrogens is 366 g/mol. The monoisotopic (exact) mass is 389 g/mol. The van der Waals surface area contributed by atoms with Gasteiger partial charge in [0.1, 0.15) is 11.3 Å². The number of fused-ring (bicyclic) bond motifs is 1. The van der Waals surface area contributed by atoms with Crippen LogP contribution in [0.25, 0.3) is 16.8 Å².